The monoisotopic (exact) mass is 212 g/mol. The maximum atomic E-state index is 13.4. The van der Waals surface area contributed by atoms with Gasteiger partial charge in [-0.3, -0.25) is 23.9 Å². The van der Waals surface area contributed by atoms with Crippen LogP contribution in [0.3, 0.4) is 0 Å². The predicted molar refractivity (Wildman–Crippen MR) is 33.0 cm³/mol. The molecule has 2 N–H and O–H groups in total. The fourth-order valence-electron chi connectivity index (χ4n) is 0.955. The van der Waals surface area contributed by atoms with Crippen molar-refractivity contribution in [2.24, 2.45) is 0 Å². The Morgan fingerprint density at radius 1 is 1.07 bits per heavy atom. The lowest BCUT2D eigenvalue weighted by molar-refractivity contribution is -0.209. The molecular weight excluding hydrogens is 206 g/mol. The molecule has 2 atom stereocenters. The van der Waals surface area contributed by atoms with E-state index in [1.54, 1.807) is 11.0 Å². The summed E-state index contributed by atoms with van der Waals surface area (Å²) in [6, 6.07) is 0. The number of rotatable bonds is 2. The highest BCUT2D eigenvalue weighted by molar-refractivity contribution is 5.91. The molecule has 2 aliphatic rings. The van der Waals surface area contributed by atoms with E-state index in [2.05, 4.69) is 19.1 Å². The number of nitrogens with one attached hydrogen (secondary N) is 2. The maximum absolute atomic E-state index is 13.4. The molecule has 9 heteroatoms. The predicted octanol–water partition coefficient (Wildman–Crippen LogP) is -1.18. The van der Waals surface area contributed by atoms with Crippen LogP contribution in [-0.4, -0.2) is 31.3 Å². The first-order valence-corrected chi connectivity index (χ1v) is 3.55. The zero-order valence-corrected chi connectivity index (χ0v) is 6.71. The average Bonchev–Trinajstić information content (AvgIpc) is 2.75. The third-order valence-corrected chi connectivity index (χ3v) is 1.62. The summed E-state index contributed by atoms with van der Waals surface area (Å²) in [5.41, 5.74) is 3.16. The van der Waals surface area contributed by atoms with Crippen molar-refractivity contribution in [3.05, 3.63) is 0 Å². The molecule has 0 radical (unpaired) electrons. The highest BCUT2D eigenvalue weighted by Gasteiger charge is 2.59. The van der Waals surface area contributed by atoms with Crippen LogP contribution in [0.15, 0.2) is 0 Å². The van der Waals surface area contributed by atoms with Crippen LogP contribution in [0.25, 0.3) is 0 Å². The van der Waals surface area contributed by atoms with E-state index in [-0.39, 0.29) is 0 Å². The van der Waals surface area contributed by atoms with Crippen molar-refractivity contribution in [2.45, 2.75) is 12.0 Å². The van der Waals surface area contributed by atoms with Gasteiger partial charge in [0.05, 0.1) is 0 Å². The first-order valence-electron chi connectivity index (χ1n) is 3.55. The lowest BCUT2D eigenvalue weighted by Crippen LogP contribution is -2.58. The largest absolute Gasteiger partial charge is 0.358 e. The third kappa shape index (κ3) is 1.39. The Kier molecular flexibility index (Phi) is 2.21. The average molecular weight is 212 g/mol. The van der Waals surface area contributed by atoms with Gasteiger partial charge in [0.15, 0.2) is 13.6 Å². The number of Topliss-reactive ketones (excluding diaryl/α,β-unsaturated/α-hetero) is 1. The number of carbonyl (C=O) groups is 1. The zero-order valence-electron chi connectivity index (χ0n) is 6.71. The van der Waals surface area contributed by atoms with Crippen LogP contribution in [0.4, 0.5) is 8.78 Å². The van der Waals surface area contributed by atoms with Crippen LogP contribution < -0.4 is 11.0 Å². The second-order valence-electron chi connectivity index (χ2n) is 2.54. The van der Waals surface area contributed by atoms with E-state index in [0.29, 0.717) is 0 Å². The number of hydroxylamine groups is 2. The van der Waals surface area contributed by atoms with Gasteiger partial charge in [-0.25, -0.2) is 0 Å². The molecule has 0 aromatic heterocycles. The van der Waals surface area contributed by atoms with Gasteiger partial charge in [-0.2, -0.15) is 8.78 Å². The van der Waals surface area contributed by atoms with Crippen molar-refractivity contribution in [1.29, 1.82) is 0 Å². The second-order valence-corrected chi connectivity index (χ2v) is 2.54. The van der Waals surface area contributed by atoms with Crippen LogP contribution >= 0.6 is 0 Å². The van der Waals surface area contributed by atoms with E-state index in [9.17, 15) is 13.6 Å². The zero-order chi connectivity index (χ0) is 10.2. The van der Waals surface area contributed by atoms with E-state index in [1.165, 1.54) is 0 Å². The van der Waals surface area contributed by atoms with Crippen LogP contribution in [0.1, 0.15) is 0 Å². The first-order chi connectivity index (χ1) is 6.57. The number of hydrogen-bond acceptors (Lipinski definition) is 7. The molecule has 2 aliphatic heterocycles. The molecule has 14 heavy (non-hydrogen) atoms. The number of ether oxygens (including phenoxy) is 2. The molecule has 2 rings (SSSR count). The Labute approximate surface area is 76.1 Å². The number of carbonyl (C=O) groups excluding carboxylic acids is 1. The van der Waals surface area contributed by atoms with Crippen LogP contribution in [0.2, 0.25) is 0 Å². The minimum Gasteiger partial charge on any atom is -0.297 e. The number of alkyl halides is 2. The van der Waals surface area contributed by atoms with Gasteiger partial charge in [-0.15, -0.1) is 11.0 Å². The first kappa shape index (κ1) is 9.83. The van der Waals surface area contributed by atoms with Crippen molar-refractivity contribution >= 4 is 5.78 Å². The van der Waals surface area contributed by atoms with Gasteiger partial charge < -0.3 is 0 Å². The Balaban J connectivity index is 2.13. The molecular formula is C5H6F2N2O5. The summed E-state index contributed by atoms with van der Waals surface area (Å²) in [5, 5.41) is 0. The summed E-state index contributed by atoms with van der Waals surface area (Å²) in [6.07, 6.45) is 0. The molecule has 0 bridgehead atoms. The molecule has 0 aromatic carbocycles. The summed E-state index contributed by atoms with van der Waals surface area (Å²) < 4.78 is 35.2. The summed E-state index contributed by atoms with van der Waals surface area (Å²) in [5.74, 6) is -7.81. The topological polar surface area (TPSA) is 78.1 Å². The molecule has 0 aromatic rings. The summed E-state index contributed by atoms with van der Waals surface area (Å²) in [6.45, 7) is -1.03. The van der Waals surface area contributed by atoms with E-state index < -0.39 is 31.3 Å². The maximum Gasteiger partial charge on any atom is 0.358 e. The Morgan fingerprint density at radius 2 is 1.50 bits per heavy atom. The molecule has 0 spiro atoms. The summed E-state index contributed by atoms with van der Waals surface area (Å²) in [4.78, 5) is 19.7. The molecule has 2 fully saturated rings. The molecule has 2 unspecified atom stereocenters. The van der Waals surface area contributed by atoms with Crippen molar-refractivity contribution in [1.82, 2.24) is 11.0 Å². The summed E-state index contributed by atoms with van der Waals surface area (Å²) in [7, 11) is 0. The van der Waals surface area contributed by atoms with E-state index >= 15 is 0 Å². The van der Waals surface area contributed by atoms with Crippen molar-refractivity contribution in [3.63, 3.8) is 0 Å². The van der Waals surface area contributed by atoms with Crippen LogP contribution in [0, 0.1) is 0 Å². The van der Waals surface area contributed by atoms with Crippen molar-refractivity contribution in [3.8, 4) is 0 Å². The molecule has 2 saturated heterocycles. The lowest BCUT2D eigenvalue weighted by Gasteiger charge is -2.21. The molecule has 2 heterocycles. The third-order valence-electron chi connectivity index (χ3n) is 1.62. The van der Waals surface area contributed by atoms with Gasteiger partial charge in [0.1, 0.15) is 0 Å². The summed E-state index contributed by atoms with van der Waals surface area (Å²) >= 11 is 0. The number of ketones is 1. The SMILES string of the molecule is O=C(C1(F)NOCO1)C1(F)NOCO1. The standard InChI is InChI=1S/C5H6F2N2O5/c6-4(8-13-1-11-4)3(10)5(7)9-14-2-12-5/h8-9H,1-2H2. The Bertz CT molecular complexity index is 227. The number of hydrogen-bond donors (Lipinski definition) is 2. The van der Waals surface area contributed by atoms with Gasteiger partial charge in [-0.05, 0) is 0 Å². The lowest BCUT2D eigenvalue weighted by atomic mass is 10.2. The van der Waals surface area contributed by atoms with Crippen LogP contribution in [0.5, 0.6) is 0 Å². The van der Waals surface area contributed by atoms with E-state index in [0.717, 1.165) is 0 Å². The second kappa shape index (κ2) is 3.15. The molecule has 80 valence electrons. The molecule has 0 aliphatic carbocycles. The fourth-order valence-corrected chi connectivity index (χ4v) is 0.955. The minimum absolute atomic E-state index is 0.515. The van der Waals surface area contributed by atoms with E-state index in [4.69, 9.17) is 0 Å². The Hall–Kier alpha value is -0.710. The van der Waals surface area contributed by atoms with Gasteiger partial charge in [-0.1, -0.05) is 0 Å². The fraction of sp³-hybridized carbons (Fsp3) is 0.800. The van der Waals surface area contributed by atoms with Gasteiger partial charge in [0, 0.05) is 0 Å². The van der Waals surface area contributed by atoms with Gasteiger partial charge >= 0.3 is 12.0 Å². The van der Waals surface area contributed by atoms with Crippen molar-refractivity contribution in [2.75, 3.05) is 13.6 Å². The molecule has 0 saturated carbocycles. The van der Waals surface area contributed by atoms with E-state index in [1.807, 2.05) is 0 Å². The highest BCUT2D eigenvalue weighted by Crippen LogP contribution is 2.27. The van der Waals surface area contributed by atoms with Gasteiger partial charge in [0.2, 0.25) is 0 Å². The van der Waals surface area contributed by atoms with Crippen molar-refractivity contribution < 1.29 is 32.7 Å². The smallest absolute Gasteiger partial charge is 0.297 e. The van der Waals surface area contributed by atoms with Crippen LogP contribution in [-0.2, 0) is 23.9 Å². The number of halogens is 2. The molecule has 7 nitrogen and oxygen atoms in total. The minimum atomic E-state index is -3.07. The van der Waals surface area contributed by atoms with Gasteiger partial charge in [0.25, 0.3) is 5.78 Å². The highest BCUT2D eigenvalue weighted by atomic mass is 19.2. The molecule has 0 amide bonds. The Morgan fingerprint density at radius 3 is 1.79 bits per heavy atom. The quantitative estimate of drug-likeness (QED) is 0.558. The normalized spacial score (nSPS) is 43.0.